The number of anilines is 1. The van der Waals surface area contributed by atoms with Gasteiger partial charge in [-0.15, -0.1) is 12.4 Å². The van der Waals surface area contributed by atoms with Crippen LogP contribution < -0.4 is 4.90 Å². The number of benzene rings is 2. The predicted octanol–water partition coefficient (Wildman–Crippen LogP) is 2.91. The molecule has 1 heterocycles. The fourth-order valence-electron chi connectivity index (χ4n) is 3.21. The number of amides is 1. The molecule has 0 saturated carbocycles. The van der Waals surface area contributed by atoms with Gasteiger partial charge in [0.15, 0.2) is 5.60 Å². The van der Waals surface area contributed by atoms with Gasteiger partial charge >= 0.3 is 0 Å². The molecule has 1 aliphatic rings. The van der Waals surface area contributed by atoms with Gasteiger partial charge in [0.2, 0.25) is 0 Å². The molecule has 2 aromatic carbocycles. The molecule has 128 valence electrons. The van der Waals surface area contributed by atoms with Gasteiger partial charge in [0, 0.05) is 25.8 Å². The third-order valence-electron chi connectivity index (χ3n) is 4.38. The van der Waals surface area contributed by atoms with Crippen molar-refractivity contribution in [3.63, 3.8) is 0 Å². The van der Waals surface area contributed by atoms with Gasteiger partial charge in [-0.3, -0.25) is 4.79 Å². The van der Waals surface area contributed by atoms with Crippen LogP contribution >= 0.6 is 12.4 Å². The lowest BCUT2D eigenvalue weighted by Gasteiger charge is -2.28. The minimum Gasteiger partial charge on any atom is -0.359 e. The second-order valence-corrected chi connectivity index (χ2v) is 6.03. The van der Waals surface area contributed by atoms with Gasteiger partial charge in [-0.1, -0.05) is 48.5 Å². The van der Waals surface area contributed by atoms with Crippen LogP contribution in [0.15, 0.2) is 54.6 Å². The quantitative estimate of drug-likeness (QED) is 0.834. The third kappa shape index (κ3) is 2.81. The van der Waals surface area contributed by atoms with E-state index in [4.69, 9.17) is 4.74 Å². The fourth-order valence-corrected chi connectivity index (χ4v) is 3.21. The lowest BCUT2D eigenvalue weighted by atomic mass is 9.87. The summed E-state index contributed by atoms with van der Waals surface area (Å²) in [4.78, 5) is 17.2. The van der Waals surface area contributed by atoms with Crippen molar-refractivity contribution in [2.75, 3.05) is 39.2 Å². The summed E-state index contributed by atoms with van der Waals surface area (Å²) in [5, 5.41) is 0. The van der Waals surface area contributed by atoms with Crippen LogP contribution in [0.25, 0.3) is 0 Å². The molecule has 0 radical (unpaired) electrons. The Morgan fingerprint density at radius 1 is 1.04 bits per heavy atom. The molecule has 4 nitrogen and oxygen atoms in total. The second kappa shape index (κ2) is 7.34. The Kier molecular flexibility index (Phi) is 5.65. The molecule has 1 aliphatic heterocycles. The van der Waals surface area contributed by atoms with Gasteiger partial charge < -0.3 is 14.5 Å². The summed E-state index contributed by atoms with van der Waals surface area (Å²) >= 11 is 0. The Labute approximate surface area is 149 Å². The van der Waals surface area contributed by atoms with Crippen LogP contribution in [0.2, 0.25) is 0 Å². The van der Waals surface area contributed by atoms with E-state index in [2.05, 4.69) is 4.90 Å². The van der Waals surface area contributed by atoms with Crippen molar-refractivity contribution in [2.24, 2.45) is 0 Å². The molecule has 0 aromatic heterocycles. The van der Waals surface area contributed by atoms with E-state index in [1.165, 1.54) is 0 Å². The van der Waals surface area contributed by atoms with E-state index < -0.39 is 5.60 Å². The van der Waals surface area contributed by atoms with Gasteiger partial charge in [0.25, 0.3) is 5.91 Å². The van der Waals surface area contributed by atoms with Gasteiger partial charge in [0.1, 0.15) is 0 Å². The SMILES string of the molecule is COC1(c2ccccc2)C(=O)N(CCN(C)C)c2ccccc21.Cl. The Hall–Kier alpha value is -1.88. The van der Waals surface area contributed by atoms with E-state index in [1.807, 2.05) is 73.6 Å². The summed E-state index contributed by atoms with van der Waals surface area (Å²) in [7, 11) is 5.62. The number of hydrogen-bond acceptors (Lipinski definition) is 3. The molecular weight excluding hydrogens is 324 g/mol. The van der Waals surface area contributed by atoms with Crippen molar-refractivity contribution in [2.45, 2.75) is 5.60 Å². The molecule has 0 fully saturated rings. The number of likely N-dealkylation sites (N-methyl/N-ethyl adjacent to an activating group) is 1. The molecule has 2 aromatic rings. The number of hydrogen-bond donors (Lipinski definition) is 0. The summed E-state index contributed by atoms with van der Waals surface area (Å²) in [6, 6.07) is 17.6. The Morgan fingerprint density at radius 2 is 1.67 bits per heavy atom. The average Bonchev–Trinajstić information content (AvgIpc) is 2.82. The minimum absolute atomic E-state index is 0. The number of halogens is 1. The maximum absolute atomic E-state index is 13.3. The van der Waals surface area contributed by atoms with Gasteiger partial charge in [-0.25, -0.2) is 0 Å². The van der Waals surface area contributed by atoms with Crippen LogP contribution in [-0.4, -0.2) is 45.1 Å². The molecule has 0 saturated heterocycles. The van der Waals surface area contributed by atoms with E-state index >= 15 is 0 Å². The molecule has 0 N–H and O–H groups in total. The number of nitrogens with zero attached hydrogens (tertiary/aromatic N) is 2. The first-order chi connectivity index (χ1) is 11.1. The van der Waals surface area contributed by atoms with Crippen LogP contribution in [0.3, 0.4) is 0 Å². The van der Waals surface area contributed by atoms with Crippen molar-refractivity contribution < 1.29 is 9.53 Å². The number of para-hydroxylation sites is 1. The molecule has 0 spiro atoms. The molecule has 1 atom stereocenters. The average molecular weight is 347 g/mol. The van der Waals surface area contributed by atoms with Gasteiger partial charge in [0.05, 0.1) is 5.69 Å². The molecule has 1 unspecified atom stereocenters. The fraction of sp³-hybridized carbons (Fsp3) is 0.316. The molecule has 3 rings (SSSR count). The van der Waals surface area contributed by atoms with Crippen molar-refractivity contribution >= 4 is 24.0 Å². The number of ether oxygens (including phenoxy) is 1. The zero-order chi connectivity index (χ0) is 16.4. The summed E-state index contributed by atoms with van der Waals surface area (Å²) in [6.07, 6.45) is 0. The van der Waals surface area contributed by atoms with E-state index in [0.717, 1.165) is 23.4 Å². The molecule has 24 heavy (non-hydrogen) atoms. The van der Waals surface area contributed by atoms with Gasteiger partial charge in [-0.05, 0) is 25.7 Å². The smallest absolute Gasteiger partial charge is 0.268 e. The van der Waals surface area contributed by atoms with Gasteiger partial charge in [-0.2, -0.15) is 0 Å². The molecule has 0 bridgehead atoms. The highest BCUT2D eigenvalue weighted by molar-refractivity contribution is 6.09. The highest BCUT2D eigenvalue weighted by Crippen LogP contribution is 2.46. The number of methoxy groups -OCH3 is 1. The Morgan fingerprint density at radius 3 is 2.29 bits per heavy atom. The minimum atomic E-state index is -1.05. The van der Waals surface area contributed by atoms with Crippen molar-refractivity contribution in [1.82, 2.24) is 4.90 Å². The van der Waals surface area contributed by atoms with Crippen LogP contribution in [-0.2, 0) is 15.1 Å². The summed E-state index contributed by atoms with van der Waals surface area (Å²) in [6.45, 7) is 1.44. The normalized spacial score (nSPS) is 19.3. The lowest BCUT2D eigenvalue weighted by molar-refractivity contribution is -0.135. The van der Waals surface area contributed by atoms with E-state index in [1.54, 1.807) is 7.11 Å². The number of rotatable bonds is 5. The van der Waals surface area contributed by atoms with Crippen LogP contribution in [0.5, 0.6) is 0 Å². The maximum atomic E-state index is 13.3. The van der Waals surface area contributed by atoms with E-state index in [-0.39, 0.29) is 18.3 Å². The highest BCUT2D eigenvalue weighted by atomic mass is 35.5. The zero-order valence-electron chi connectivity index (χ0n) is 14.2. The van der Waals surface area contributed by atoms with Crippen molar-refractivity contribution in [3.8, 4) is 0 Å². The highest BCUT2D eigenvalue weighted by Gasteiger charge is 2.52. The maximum Gasteiger partial charge on any atom is 0.268 e. The predicted molar refractivity (Wildman–Crippen MR) is 98.8 cm³/mol. The molecular formula is C19H23ClN2O2. The number of carbonyl (C=O) groups is 1. The summed E-state index contributed by atoms with van der Waals surface area (Å²) in [5.74, 6) is -0.0192. The van der Waals surface area contributed by atoms with Crippen molar-refractivity contribution in [1.29, 1.82) is 0 Å². The third-order valence-corrected chi connectivity index (χ3v) is 4.38. The number of fused-ring (bicyclic) bond motifs is 1. The topological polar surface area (TPSA) is 32.8 Å². The largest absolute Gasteiger partial charge is 0.359 e. The number of carbonyl (C=O) groups excluding carboxylic acids is 1. The Balaban J connectivity index is 0.00000208. The van der Waals surface area contributed by atoms with Crippen molar-refractivity contribution in [3.05, 3.63) is 65.7 Å². The van der Waals surface area contributed by atoms with Crippen LogP contribution in [0, 0.1) is 0 Å². The standard InChI is InChI=1S/C19H22N2O2.ClH/c1-20(2)13-14-21-17-12-8-7-11-16(17)19(23-3,18(21)22)15-9-5-4-6-10-15;/h4-12H,13-14H2,1-3H3;1H. The lowest BCUT2D eigenvalue weighted by Crippen LogP contribution is -2.44. The first-order valence-electron chi connectivity index (χ1n) is 7.78. The molecule has 1 amide bonds. The summed E-state index contributed by atoms with van der Waals surface area (Å²) < 4.78 is 5.86. The molecule has 5 heteroatoms. The zero-order valence-corrected chi connectivity index (χ0v) is 15.0. The Bertz CT molecular complexity index is 706. The molecule has 0 aliphatic carbocycles. The van der Waals surface area contributed by atoms with E-state index in [9.17, 15) is 4.79 Å². The van der Waals surface area contributed by atoms with Crippen LogP contribution in [0.1, 0.15) is 11.1 Å². The monoisotopic (exact) mass is 346 g/mol. The second-order valence-electron chi connectivity index (χ2n) is 6.03. The van der Waals surface area contributed by atoms with Crippen LogP contribution in [0.4, 0.5) is 5.69 Å². The van der Waals surface area contributed by atoms with E-state index in [0.29, 0.717) is 6.54 Å². The first kappa shape index (κ1) is 18.5. The summed E-state index contributed by atoms with van der Waals surface area (Å²) in [5.41, 5.74) is 1.67. The first-order valence-corrected chi connectivity index (χ1v) is 7.78.